The fraction of sp³-hybridized carbons (Fsp3) is 0.441. The number of hydrogen-bond acceptors (Lipinski definition) is 7. The summed E-state index contributed by atoms with van der Waals surface area (Å²) in [5.41, 5.74) is 5.71. The van der Waals surface area contributed by atoms with E-state index in [4.69, 9.17) is 25.8 Å². The fourth-order valence-corrected chi connectivity index (χ4v) is 6.51. The molecule has 3 aromatic rings. The molecule has 0 amide bonds. The molecule has 1 saturated heterocycles. The van der Waals surface area contributed by atoms with E-state index in [1.165, 1.54) is 11.3 Å². The minimum absolute atomic E-state index is 0.0129. The van der Waals surface area contributed by atoms with Crippen molar-refractivity contribution in [1.82, 2.24) is 9.80 Å². The monoisotopic (exact) mass is 591 g/mol. The van der Waals surface area contributed by atoms with E-state index in [0.29, 0.717) is 31.3 Å². The summed E-state index contributed by atoms with van der Waals surface area (Å²) in [5.74, 6) is 1.37. The van der Waals surface area contributed by atoms with Crippen LogP contribution in [0.15, 0.2) is 60.7 Å². The lowest BCUT2D eigenvalue weighted by Crippen LogP contribution is -2.46. The average molecular weight is 592 g/mol. The minimum atomic E-state index is -0.320. The summed E-state index contributed by atoms with van der Waals surface area (Å²) in [6, 6.07) is 20.0. The van der Waals surface area contributed by atoms with Crippen molar-refractivity contribution in [3.8, 4) is 11.5 Å². The Morgan fingerprint density at radius 1 is 0.976 bits per heavy atom. The lowest BCUT2D eigenvalue weighted by Gasteiger charge is -2.36. The van der Waals surface area contributed by atoms with Crippen LogP contribution >= 0.6 is 11.6 Å². The van der Waals surface area contributed by atoms with Gasteiger partial charge in [-0.1, -0.05) is 54.9 Å². The molecule has 0 spiro atoms. The molecule has 42 heavy (non-hydrogen) atoms. The van der Waals surface area contributed by atoms with Crippen LogP contribution in [0.25, 0.3) is 0 Å². The van der Waals surface area contributed by atoms with Crippen LogP contribution in [0.1, 0.15) is 54.1 Å². The maximum Gasteiger partial charge on any atom is 0.161 e. The van der Waals surface area contributed by atoms with Crippen molar-refractivity contribution in [3.05, 3.63) is 87.9 Å². The number of hydrogen-bond donors (Lipinski definition) is 0. The number of fused-ring (bicyclic) bond motifs is 1. The zero-order valence-electron chi connectivity index (χ0n) is 24.9. The SMILES string of the molecule is CCN1CCN(c2cccc3c2CN([C@H](CCCOCc2ccccc2Cl)c2ccc(OC)c(OC)c2)C3C=O)CC1. The first-order chi connectivity index (χ1) is 20.6. The molecule has 7 nitrogen and oxygen atoms in total. The predicted molar refractivity (Wildman–Crippen MR) is 168 cm³/mol. The van der Waals surface area contributed by atoms with E-state index in [1.807, 2.05) is 36.4 Å². The number of carbonyl (C=O) groups is 1. The van der Waals surface area contributed by atoms with Crippen molar-refractivity contribution in [2.45, 2.75) is 45.0 Å². The zero-order chi connectivity index (χ0) is 29.5. The average Bonchev–Trinajstić information content (AvgIpc) is 3.41. The number of methoxy groups -OCH3 is 2. The maximum atomic E-state index is 12.7. The third-order valence-corrected chi connectivity index (χ3v) is 9.04. The molecule has 3 aromatic carbocycles. The van der Waals surface area contributed by atoms with Gasteiger partial charge in [0.05, 0.1) is 26.9 Å². The van der Waals surface area contributed by atoms with Gasteiger partial charge in [-0.15, -0.1) is 0 Å². The molecule has 8 heteroatoms. The number of carbonyl (C=O) groups excluding carboxylic acids is 1. The molecular weight excluding hydrogens is 550 g/mol. The van der Waals surface area contributed by atoms with Crippen molar-refractivity contribution >= 4 is 23.6 Å². The van der Waals surface area contributed by atoms with E-state index in [-0.39, 0.29) is 12.1 Å². The summed E-state index contributed by atoms with van der Waals surface area (Å²) in [7, 11) is 3.30. The van der Waals surface area contributed by atoms with Gasteiger partial charge < -0.3 is 28.8 Å². The number of likely N-dealkylation sites (N-methyl/N-ethyl adjacent to an activating group) is 1. The van der Waals surface area contributed by atoms with Crippen LogP contribution in [0.2, 0.25) is 5.02 Å². The van der Waals surface area contributed by atoms with Gasteiger partial charge in [-0.2, -0.15) is 0 Å². The first-order valence-electron chi connectivity index (χ1n) is 14.9. The van der Waals surface area contributed by atoms with Gasteiger partial charge >= 0.3 is 0 Å². The molecule has 0 N–H and O–H groups in total. The van der Waals surface area contributed by atoms with Crippen molar-refractivity contribution < 1.29 is 19.0 Å². The Bertz CT molecular complexity index is 1340. The molecule has 2 heterocycles. The topological polar surface area (TPSA) is 54.5 Å². The van der Waals surface area contributed by atoms with E-state index in [1.54, 1.807) is 14.2 Å². The van der Waals surface area contributed by atoms with Crippen LogP contribution in [0, 0.1) is 0 Å². The molecule has 5 rings (SSSR count). The molecule has 0 aromatic heterocycles. The van der Waals surface area contributed by atoms with Crippen LogP contribution in [0.5, 0.6) is 11.5 Å². The Hall–Kier alpha value is -3.10. The summed E-state index contributed by atoms with van der Waals surface area (Å²) in [6.45, 7) is 9.19. The summed E-state index contributed by atoms with van der Waals surface area (Å²) >= 11 is 6.32. The van der Waals surface area contributed by atoms with Crippen LogP contribution < -0.4 is 14.4 Å². The minimum Gasteiger partial charge on any atom is -0.493 e. The standard InChI is InChI=1S/C34H42ClN3O4/c1-4-36-16-18-37(19-17-36)31-12-7-10-27-28(31)22-38(32(27)23-39)30(25-14-15-33(40-2)34(21-25)41-3)13-8-20-42-24-26-9-5-6-11-29(26)35/h5-7,9-12,14-15,21,23,30,32H,4,8,13,16-20,22,24H2,1-3H3/t30-,32?/m1/s1. The van der Waals surface area contributed by atoms with Gasteiger partial charge in [-0.25, -0.2) is 0 Å². The summed E-state index contributed by atoms with van der Waals surface area (Å²) in [5, 5.41) is 0.719. The van der Waals surface area contributed by atoms with Gasteiger partial charge in [0.15, 0.2) is 11.5 Å². The number of benzene rings is 3. The predicted octanol–water partition coefficient (Wildman–Crippen LogP) is 6.29. The quantitative estimate of drug-likeness (QED) is 0.171. The molecule has 0 aliphatic carbocycles. The second-order valence-corrected chi connectivity index (χ2v) is 11.3. The highest BCUT2D eigenvalue weighted by Crippen LogP contribution is 2.45. The highest BCUT2D eigenvalue weighted by molar-refractivity contribution is 6.31. The summed E-state index contributed by atoms with van der Waals surface area (Å²) < 4.78 is 17.2. The second-order valence-electron chi connectivity index (χ2n) is 10.9. The maximum absolute atomic E-state index is 12.7. The lowest BCUT2D eigenvalue weighted by molar-refractivity contribution is -0.113. The molecule has 0 bridgehead atoms. The first-order valence-corrected chi connectivity index (χ1v) is 15.3. The largest absolute Gasteiger partial charge is 0.493 e. The van der Waals surface area contributed by atoms with Crippen LogP contribution in [0.3, 0.4) is 0 Å². The van der Waals surface area contributed by atoms with Crippen molar-refractivity contribution in [1.29, 1.82) is 0 Å². The number of rotatable bonds is 13. The Balaban J connectivity index is 1.38. The number of piperazine rings is 1. The Morgan fingerprint density at radius 2 is 1.76 bits per heavy atom. The highest BCUT2D eigenvalue weighted by Gasteiger charge is 2.37. The second kappa shape index (κ2) is 14.4. The van der Waals surface area contributed by atoms with Gasteiger partial charge in [0.25, 0.3) is 0 Å². The molecular formula is C34H42ClN3O4. The Kier molecular flexibility index (Phi) is 10.4. The summed E-state index contributed by atoms with van der Waals surface area (Å²) in [6.07, 6.45) is 2.75. The molecule has 2 atom stereocenters. The smallest absolute Gasteiger partial charge is 0.161 e. The van der Waals surface area contributed by atoms with Crippen molar-refractivity contribution in [2.24, 2.45) is 0 Å². The molecule has 1 unspecified atom stereocenters. The number of ether oxygens (including phenoxy) is 3. The molecule has 0 saturated carbocycles. The van der Waals surface area contributed by atoms with Crippen molar-refractivity contribution in [3.63, 3.8) is 0 Å². The van der Waals surface area contributed by atoms with E-state index >= 15 is 0 Å². The normalized spacial score (nSPS) is 18.1. The lowest BCUT2D eigenvalue weighted by atomic mass is 9.98. The van der Waals surface area contributed by atoms with E-state index < -0.39 is 0 Å². The molecule has 2 aliphatic rings. The fourth-order valence-electron chi connectivity index (χ4n) is 6.32. The molecule has 1 fully saturated rings. The number of nitrogens with zero attached hydrogens (tertiary/aromatic N) is 3. The Labute approximate surface area is 254 Å². The van der Waals surface area contributed by atoms with Crippen LogP contribution in [-0.4, -0.2) is 69.6 Å². The number of anilines is 1. The number of halogens is 1. The van der Waals surface area contributed by atoms with E-state index in [0.717, 1.165) is 73.6 Å². The van der Waals surface area contributed by atoms with Crippen LogP contribution in [0.4, 0.5) is 5.69 Å². The van der Waals surface area contributed by atoms with Gasteiger partial charge in [-0.3, -0.25) is 4.90 Å². The molecule has 0 radical (unpaired) electrons. The van der Waals surface area contributed by atoms with E-state index in [2.05, 4.69) is 45.9 Å². The van der Waals surface area contributed by atoms with Gasteiger partial charge in [0.1, 0.15) is 6.29 Å². The molecule has 224 valence electrons. The van der Waals surface area contributed by atoms with Crippen LogP contribution in [-0.2, 0) is 22.7 Å². The zero-order valence-corrected chi connectivity index (χ0v) is 25.7. The number of aldehydes is 1. The summed E-state index contributed by atoms with van der Waals surface area (Å²) in [4.78, 5) is 20.1. The van der Waals surface area contributed by atoms with Gasteiger partial charge in [0.2, 0.25) is 0 Å². The van der Waals surface area contributed by atoms with Crippen molar-refractivity contribution in [2.75, 3.05) is 58.5 Å². The molecule has 2 aliphatic heterocycles. The first kappa shape index (κ1) is 30.4. The van der Waals surface area contributed by atoms with E-state index in [9.17, 15) is 4.79 Å². The Morgan fingerprint density at radius 3 is 2.48 bits per heavy atom. The van der Waals surface area contributed by atoms with Gasteiger partial charge in [0, 0.05) is 56.1 Å². The third kappa shape index (κ3) is 6.60. The van der Waals surface area contributed by atoms with Gasteiger partial charge in [-0.05, 0) is 65.9 Å². The highest BCUT2D eigenvalue weighted by atomic mass is 35.5. The third-order valence-electron chi connectivity index (χ3n) is 8.67.